The number of rotatable bonds is 4. The van der Waals surface area contributed by atoms with Gasteiger partial charge in [0.2, 0.25) is 0 Å². The number of carbonyl (C=O) groups excluding carboxylic acids is 1. The fraction of sp³-hybridized carbons (Fsp3) is 0.364. The number of oxime groups is 1. The average Bonchev–Trinajstić information content (AvgIpc) is 2.35. The molecule has 3 N–H and O–H groups in total. The van der Waals surface area contributed by atoms with Crippen LogP contribution in [0.15, 0.2) is 23.5 Å². The maximum atomic E-state index is 12.0. The molecule has 17 heavy (non-hydrogen) atoms. The van der Waals surface area contributed by atoms with E-state index in [2.05, 4.69) is 10.1 Å². The molecule has 1 rings (SSSR count). The lowest BCUT2D eigenvalue weighted by molar-refractivity contribution is 0.0792. The second-order valence-electron chi connectivity index (χ2n) is 3.74. The molecule has 0 aliphatic rings. The van der Waals surface area contributed by atoms with Gasteiger partial charge in [-0.15, -0.1) is 0 Å². The van der Waals surface area contributed by atoms with E-state index in [1.54, 1.807) is 19.3 Å². The minimum absolute atomic E-state index is 0.0994. The second kappa shape index (κ2) is 5.83. The lowest BCUT2D eigenvalue weighted by Crippen LogP contribution is -2.31. The van der Waals surface area contributed by atoms with Crippen molar-refractivity contribution in [3.8, 4) is 0 Å². The van der Waals surface area contributed by atoms with Gasteiger partial charge < -0.3 is 15.8 Å². The first-order valence-electron chi connectivity index (χ1n) is 5.19. The van der Waals surface area contributed by atoms with E-state index in [1.807, 2.05) is 13.0 Å². The Morgan fingerprint density at radius 3 is 2.94 bits per heavy atom. The highest BCUT2D eigenvalue weighted by molar-refractivity contribution is 5.93. The highest BCUT2D eigenvalue weighted by atomic mass is 16.4. The molecule has 0 spiro atoms. The van der Waals surface area contributed by atoms with E-state index in [1.165, 1.54) is 4.90 Å². The van der Waals surface area contributed by atoms with Crippen LogP contribution in [0, 0.1) is 6.92 Å². The zero-order valence-corrected chi connectivity index (χ0v) is 9.92. The van der Waals surface area contributed by atoms with Crippen molar-refractivity contribution < 1.29 is 10.0 Å². The van der Waals surface area contributed by atoms with E-state index >= 15 is 0 Å². The lowest BCUT2D eigenvalue weighted by Gasteiger charge is -2.16. The summed E-state index contributed by atoms with van der Waals surface area (Å²) >= 11 is 0. The summed E-state index contributed by atoms with van der Waals surface area (Å²) in [6.45, 7) is 2.21. The van der Waals surface area contributed by atoms with Crippen molar-refractivity contribution in [1.82, 2.24) is 9.88 Å². The molecule has 0 radical (unpaired) electrons. The molecule has 1 amide bonds. The molecular weight excluding hydrogens is 220 g/mol. The predicted octanol–water partition coefficient (Wildman–Crippen LogP) is 0.599. The van der Waals surface area contributed by atoms with Crippen molar-refractivity contribution in [3.05, 3.63) is 29.6 Å². The van der Waals surface area contributed by atoms with E-state index in [-0.39, 0.29) is 11.7 Å². The van der Waals surface area contributed by atoms with E-state index in [0.717, 1.165) is 5.56 Å². The molecule has 6 heteroatoms. The number of nitrogens with zero attached hydrogens (tertiary/aromatic N) is 3. The molecule has 0 bridgehead atoms. The zero-order valence-electron chi connectivity index (χ0n) is 9.92. The Morgan fingerprint density at radius 2 is 2.35 bits per heavy atom. The number of aromatic nitrogens is 1. The average molecular weight is 236 g/mol. The Bertz CT molecular complexity index is 431. The standard InChI is InChI=1S/C11H16N4O2/c1-8-4-3-6-13-10(8)11(16)15(2)7-5-9(12)14-17/h3-4,6,17H,5,7H2,1-2H3,(H2,12,14). The van der Waals surface area contributed by atoms with E-state index in [4.69, 9.17) is 10.9 Å². The number of nitrogens with two attached hydrogens (primary N) is 1. The number of aryl methyl sites for hydroxylation is 1. The molecule has 1 aromatic heterocycles. The molecular formula is C11H16N4O2. The maximum Gasteiger partial charge on any atom is 0.272 e. The lowest BCUT2D eigenvalue weighted by atomic mass is 10.2. The summed E-state index contributed by atoms with van der Waals surface area (Å²) in [4.78, 5) is 17.5. The largest absolute Gasteiger partial charge is 0.409 e. The number of amidine groups is 1. The highest BCUT2D eigenvalue weighted by Crippen LogP contribution is 2.06. The molecule has 0 atom stereocenters. The van der Waals surface area contributed by atoms with Gasteiger partial charge in [-0.25, -0.2) is 0 Å². The SMILES string of the molecule is Cc1cccnc1C(=O)N(C)CCC(N)=NO. The van der Waals surface area contributed by atoms with Crippen LogP contribution in [0.5, 0.6) is 0 Å². The monoisotopic (exact) mass is 236 g/mol. The number of hydrogen-bond acceptors (Lipinski definition) is 4. The fourth-order valence-electron chi connectivity index (χ4n) is 1.32. The third-order valence-electron chi connectivity index (χ3n) is 2.39. The van der Waals surface area contributed by atoms with Gasteiger partial charge >= 0.3 is 0 Å². The Hall–Kier alpha value is -2.11. The molecule has 0 aliphatic carbocycles. The van der Waals surface area contributed by atoms with Gasteiger partial charge in [0.25, 0.3) is 5.91 Å². The first-order valence-corrected chi connectivity index (χ1v) is 5.19. The highest BCUT2D eigenvalue weighted by Gasteiger charge is 2.15. The Kier molecular flexibility index (Phi) is 4.45. The molecule has 1 aromatic rings. The van der Waals surface area contributed by atoms with E-state index in [9.17, 15) is 4.79 Å². The molecule has 1 heterocycles. The number of amides is 1. The summed E-state index contributed by atoms with van der Waals surface area (Å²) in [5, 5.41) is 11.2. The van der Waals surface area contributed by atoms with Crippen molar-refractivity contribution in [1.29, 1.82) is 0 Å². The Balaban J connectivity index is 2.68. The molecule has 0 saturated heterocycles. The molecule has 0 aliphatic heterocycles. The van der Waals surface area contributed by atoms with Crippen LogP contribution in [0.25, 0.3) is 0 Å². The van der Waals surface area contributed by atoms with Crippen molar-refractivity contribution in [2.24, 2.45) is 10.9 Å². The van der Waals surface area contributed by atoms with Crippen LogP contribution in [0.1, 0.15) is 22.5 Å². The summed E-state index contributed by atoms with van der Waals surface area (Å²) in [6, 6.07) is 3.61. The summed E-state index contributed by atoms with van der Waals surface area (Å²) in [7, 11) is 1.65. The molecule has 92 valence electrons. The zero-order chi connectivity index (χ0) is 12.8. The van der Waals surface area contributed by atoms with E-state index < -0.39 is 0 Å². The van der Waals surface area contributed by atoms with Crippen LogP contribution in [0.3, 0.4) is 0 Å². The van der Waals surface area contributed by atoms with Crippen LogP contribution < -0.4 is 5.73 Å². The molecule has 0 saturated carbocycles. The third-order valence-corrected chi connectivity index (χ3v) is 2.39. The first-order chi connectivity index (χ1) is 8.06. The second-order valence-corrected chi connectivity index (χ2v) is 3.74. The maximum absolute atomic E-state index is 12.0. The fourth-order valence-corrected chi connectivity index (χ4v) is 1.32. The number of pyridine rings is 1. The Morgan fingerprint density at radius 1 is 1.65 bits per heavy atom. The summed E-state index contributed by atoms with van der Waals surface area (Å²) < 4.78 is 0. The predicted molar refractivity (Wildman–Crippen MR) is 64.0 cm³/mol. The van der Waals surface area contributed by atoms with Crippen molar-refractivity contribution >= 4 is 11.7 Å². The molecule has 6 nitrogen and oxygen atoms in total. The van der Waals surface area contributed by atoms with Gasteiger partial charge in [-0.1, -0.05) is 11.2 Å². The van der Waals surface area contributed by atoms with E-state index in [0.29, 0.717) is 18.7 Å². The van der Waals surface area contributed by atoms with Gasteiger partial charge in [0, 0.05) is 26.2 Å². The van der Waals surface area contributed by atoms with Crippen LogP contribution in [0.2, 0.25) is 0 Å². The quantitative estimate of drug-likeness (QED) is 0.346. The van der Waals surface area contributed by atoms with Crippen molar-refractivity contribution in [2.45, 2.75) is 13.3 Å². The number of carbonyl (C=O) groups is 1. The summed E-state index contributed by atoms with van der Waals surface area (Å²) in [5.41, 5.74) is 6.59. The molecule has 0 aromatic carbocycles. The van der Waals surface area contributed by atoms with Gasteiger partial charge in [0.05, 0.1) is 0 Å². The number of hydrogen-bond donors (Lipinski definition) is 2. The topological polar surface area (TPSA) is 91.8 Å². The minimum Gasteiger partial charge on any atom is -0.409 e. The first kappa shape index (κ1) is 13.0. The molecule has 0 unspecified atom stereocenters. The van der Waals surface area contributed by atoms with Crippen molar-refractivity contribution in [3.63, 3.8) is 0 Å². The van der Waals surface area contributed by atoms with Gasteiger partial charge in [0.1, 0.15) is 11.5 Å². The van der Waals surface area contributed by atoms with Gasteiger partial charge in [-0.05, 0) is 18.6 Å². The van der Waals surface area contributed by atoms with Gasteiger partial charge in [-0.2, -0.15) is 0 Å². The Labute approximate surface area is 99.7 Å². The van der Waals surface area contributed by atoms with Crippen LogP contribution in [-0.2, 0) is 0 Å². The van der Waals surface area contributed by atoms with Gasteiger partial charge in [0.15, 0.2) is 0 Å². The van der Waals surface area contributed by atoms with Crippen LogP contribution >= 0.6 is 0 Å². The van der Waals surface area contributed by atoms with Crippen molar-refractivity contribution in [2.75, 3.05) is 13.6 Å². The van der Waals surface area contributed by atoms with Crippen LogP contribution in [-0.4, -0.2) is 40.4 Å². The normalized spacial score (nSPS) is 11.3. The summed E-state index contributed by atoms with van der Waals surface area (Å²) in [6.07, 6.45) is 1.90. The third kappa shape index (κ3) is 3.44. The minimum atomic E-state index is -0.172. The smallest absolute Gasteiger partial charge is 0.272 e. The van der Waals surface area contributed by atoms with Crippen LogP contribution in [0.4, 0.5) is 0 Å². The summed E-state index contributed by atoms with van der Waals surface area (Å²) in [5.74, 6) is -0.0729. The van der Waals surface area contributed by atoms with Gasteiger partial charge in [-0.3, -0.25) is 9.78 Å². The molecule has 0 fully saturated rings.